The Kier molecular flexibility index (Phi) is 4.20. The maximum Gasteiger partial charge on any atom is 0.0574 e. The van der Waals surface area contributed by atoms with Crippen LogP contribution in [0.2, 0.25) is 0 Å². The maximum absolute atomic E-state index is 4.30. The first-order valence-electron chi connectivity index (χ1n) is 6.49. The topological polar surface area (TPSA) is 31.4 Å². The summed E-state index contributed by atoms with van der Waals surface area (Å²) < 4.78 is 0. The van der Waals surface area contributed by atoms with Gasteiger partial charge in [0.1, 0.15) is 0 Å². The third-order valence-corrected chi connectivity index (χ3v) is 3.29. The second-order valence-corrected chi connectivity index (χ2v) is 4.38. The molecule has 0 radical (unpaired) electrons. The van der Waals surface area contributed by atoms with Crippen molar-refractivity contribution in [1.82, 2.24) is 9.88 Å². The number of pyridine rings is 1. The zero-order chi connectivity index (χ0) is 12.1. The molecule has 0 aromatic carbocycles. The Hall–Kier alpha value is -1.29. The summed E-state index contributed by atoms with van der Waals surface area (Å²) in [6.45, 7) is 10.9. The molecule has 1 aliphatic heterocycles. The molecule has 0 spiro atoms. The predicted octanol–water partition coefficient (Wildman–Crippen LogP) is 1.66. The lowest BCUT2D eigenvalue weighted by molar-refractivity contribution is 0.271. The van der Waals surface area contributed by atoms with Crippen molar-refractivity contribution in [2.75, 3.05) is 49.5 Å². The van der Waals surface area contributed by atoms with Crippen molar-refractivity contribution in [3.8, 4) is 0 Å². The van der Waals surface area contributed by atoms with Crippen LogP contribution in [0.1, 0.15) is 13.8 Å². The van der Waals surface area contributed by atoms with Gasteiger partial charge >= 0.3 is 0 Å². The fraction of sp³-hybridized carbons (Fsp3) is 0.615. The zero-order valence-electron chi connectivity index (χ0n) is 10.8. The Labute approximate surface area is 104 Å². The van der Waals surface area contributed by atoms with Gasteiger partial charge in [-0.2, -0.15) is 0 Å². The number of hydrogen-bond acceptors (Lipinski definition) is 4. The molecule has 1 N–H and O–H groups in total. The van der Waals surface area contributed by atoms with E-state index in [1.165, 1.54) is 5.69 Å². The molecule has 2 heterocycles. The number of nitrogens with one attached hydrogen (secondary N) is 1. The molecule has 0 atom stereocenters. The second-order valence-electron chi connectivity index (χ2n) is 4.38. The largest absolute Gasteiger partial charge is 0.384 e. The van der Waals surface area contributed by atoms with Crippen LogP contribution >= 0.6 is 0 Å². The molecule has 0 aliphatic carbocycles. The number of aromatic nitrogens is 1. The summed E-state index contributed by atoms with van der Waals surface area (Å²) in [6.07, 6.45) is 3.84. The van der Waals surface area contributed by atoms with Gasteiger partial charge in [0, 0.05) is 32.7 Å². The van der Waals surface area contributed by atoms with Crippen molar-refractivity contribution in [3.63, 3.8) is 0 Å². The van der Waals surface area contributed by atoms with Crippen molar-refractivity contribution in [1.29, 1.82) is 0 Å². The van der Waals surface area contributed by atoms with Gasteiger partial charge in [-0.1, -0.05) is 6.92 Å². The molecule has 1 aliphatic rings. The smallest absolute Gasteiger partial charge is 0.0574 e. The van der Waals surface area contributed by atoms with E-state index in [1.807, 2.05) is 12.4 Å². The highest BCUT2D eigenvalue weighted by atomic mass is 15.3. The molecular formula is C13H22N4. The Morgan fingerprint density at radius 3 is 2.59 bits per heavy atom. The van der Waals surface area contributed by atoms with Crippen LogP contribution in [0.5, 0.6) is 0 Å². The highest BCUT2D eigenvalue weighted by molar-refractivity contribution is 5.55. The molecule has 1 aromatic rings. The number of likely N-dealkylation sites (N-methyl/N-ethyl adjacent to an activating group) is 1. The quantitative estimate of drug-likeness (QED) is 0.858. The number of nitrogens with zero attached hydrogens (tertiary/aromatic N) is 3. The van der Waals surface area contributed by atoms with Crippen LogP contribution in [0.15, 0.2) is 18.5 Å². The average molecular weight is 234 g/mol. The van der Waals surface area contributed by atoms with Crippen molar-refractivity contribution in [3.05, 3.63) is 18.5 Å². The number of piperazine rings is 1. The second kappa shape index (κ2) is 5.87. The van der Waals surface area contributed by atoms with Gasteiger partial charge in [-0.3, -0.25) is 4.98 Å². The molecule has 0 saturated carbocycles. The summed E-state index contributed by atoms with van der Waals surface area (Å²) in [4.78, 5) is 9.20. The minimum Gasteiger partial charge on any atom is -0.384 e. The van der Waals surface area contributed by atoms with Crippen molar-refractivity contribution < 1.29 is 0 Å². The van der Waals surface area contributed by atoms with Gasteiger partial charge < -0.3 is 15.1 Å². The molecule has 0 unspecified atom stereocenters. The fourth-order valence-electron chi connectivity index (χ4n) is 2.22. The Bertz CT molecular complexity index is 345. The van der Waals surface area contributed by atoms with E-state index in [0.717, 1.165) is 45.0 Å². The summed E-state index contributed by atoms with van der Waals surface area (Å²) in [7, 11) is 0. The minimum atomic E-state index is 0.939. The van der Waals surface area contributed by atoms with Gasteiger partial charge in [0.2, 0.25) is 0 Å². The van der Waals surface area contributed by atoms with Crippen LogP contribution in [0.25, 0.3) is 0 Å². The number of hydrogen-bond donors (Lipinski definition) is 1. The van der Waals surface area contributed by atoms with E-state index >= 15 is 0 Å². The molecule has 4 heteroatoms. The Balaban J connectivity index is 2.00. The van der Waals surface area contributed by atoms with E-state index in [4.69, 9.17) is 0 Å². The maximum atomic E-state index is 4.30. The van der Waals surface area contributed by atoms with Gasteiger partial charge in [0.25, 0.3) is 0 Å². The lowest BCUT2D eigenvalue weighted by atomic mass is 10.2. The molecule has 1 aromatic heterocycles. The lowest BCUT2D eigenvalue weighted by Crippen LogP contribution is -2.46. The molecule has 2 rings (SSSR count). The van der Waals surface area contributed by atoms with E-state index in [-0.39, 0.29) is 0 Å². The van der Waals surface area contributed by atoms with Gasteiger partial charge in [0.15, 0.2) is 0 Å². The third kappa shape index (κ3) is 3.09. The normalized spacial score (nSPS) is 17.2. The third-order valence-electron chi connectivity index (χ3n) is 3.29. The minimum absolute atomic E-state index is 0.939. The number of rotatable bonds is 4. The molecule has 1 saturated heterocycles. The molecule has 0 bridgehead atoms. The standard InChI is InChI=1S/C13H22N4/c1-3-15-12-9-13(11-14-10-12)17-7-5-16(4-2)6-8-17/h9-11,15H,3-8H2,1-2H3. The summed E-state index contributed by atoms with van der Waals surface area (Å²) in [6, 6.07) is 2.19. The molecule has 0 amide bonds. The van der Waals surface area contributed by atoms with Crippen molar-refractivity contribution in [2.24, 2.45) is 0 Å². The molecule has 17 heavy (non-hydrogen) atoms. The van der Waals surface area contributed by atoms with Crippen LogP contribution in [0, 0.1) is 0 Å². The van der Waals surface area contributed by atoms with E-state index in [1.54, 1.807) is 0 Å². The first-order valence-corrected chi connectivity index (χ1v) is 6.49. The predicted molar refractivity (Wildman–Crippen MR) is 72.7 cm³/mol. The van der Waals surface area contributed by atoms with Gasteiger partial charge in [-0.15, -0.1) is 0 Å². The van der Waals surface area contributed by atoms with Gasteiger partial charge in [-0.25, -0.2) is 0 Å². The van der Waals surface area contributed by atoms with Crippen LogP contribution < -0.4 is 10.2 Å². The number of anilines is 2. The van der Waals surface area contributed by atoms with E-state index < -0.39 is 0 Å². The fourth-order valence-corrected chi connectivity index (χ4v) is 2.22. The summed E-state index contributed by atoms with van der Waals surface area (Å²) >= 11 is 0. The van der Waals surface area contributed by atoms with Gasteiger partial charge in [-0.05, 0) is 19.5 Å². The monoisotopic (exact) mass is 234 g/mol. The summed E-state index contributed by atoms with van der Waals surface area (Å²) in [5, 5.41) is 3.31. The summed E-state index contributed by atoms with van der Waals surface area (Å²) in [5.74, 6) is 0. The molecule has 94 valence electrons. The van der Waals surface area contributed by atoms with Crippen LogP contribution in [-0.4, -0.2) is 49.2 Å². The van der Waals surface area contributed by atoms with E-state index in [9.17, 15) is 0 Å². The van der Waals surface area contributed by atoms with Crippen LogP contribution in [0.4, 0.5) is 11.4 Å². The van der Waals surface area contributed by atoms with Crippen LogP contribution in [0.3, 0.4) is 0 Å². The first kappa shape index (κ1) is 12.2. The lowest BCUT2D eigenvalue weighted by Gasteiger charge is -2.35. The van der Waals surface area contributed by atoms with Crippen LogP contribution in [-0.2, 0) is 0 Å². The Morgan fingerprint density at radius 1 is 1.18 bits per heavy atom. The van der Waals surface area contributed by atoms with Crippen molar-refractivity contribution >= 4 is 11.4 Å². The first-order chi connectivity index (χ1) is 8.33. The van der Waals surface area contributed by atoms with Crippen molar-refractivity contribution in [2.45, 2.75) is 13.8 Å². The van der Waals surface area contributed by atoms with E-state index in [0.29, 0.717) is 0 Å². The molecule has 4 nitrogen and oxygen atoms in total. The highest BCUT2D eigenvalue weighted by Crippen LogP contribution is 2.19. The Morgan fingerprint density at radius 2 is 1.94 bits per heavy atom. The SMILES string of the molecule is CCNc1cncc(N2CCN(CC)CC2)c1. The summed E-state index contributed by atoms with van der Waals surface area (Å²) in [5.41, 5.74) is 2.35. The van der Waals surface area contributed by atoms with E-state index in [2.05, 4.69) is 40.0 Å². The zero-order valence-corrected chi connectivity index (χ0v) is 10.8. The van der Waals surface area contributed by atoms with Gasteiger partial charge in [0.05, 0.1) is 23.8 Å². The average Bonchev–Trinajstić information content (AvgIpc) is 2.40. The molecule has 1 fully saturated rings. The molecular weight excluding hydrogens is 212 g/mol. The highest BCUT2D eigenvalue weighted by Gasteiger charge is 2.16.